The summed E-state index contributed by atoms with van der Waals surface area (Å²) in [5, 5.41) is 2.41. The molecule has 1 heterocycles. The lowest BCUT2D eigenvalue weighted by atomic mass is 10.1. The normalized spacial score (nSPS) is 15.1. The smallest absolute Gasteiger partial charge is 0.378 e. The van der Waals surface area contributed by atoms with Gasteiger partial charge in [0.1, 0.15) is 5.82 Å². The summed E-state index contributed by atoms with van der Waals surface area (Å²) in [4.78, 5) is 14.7. The Balaban J connectivity index is 1.95. The minimum absolute atomic E-state index is 0.00417. The standard InChI is InChI=1S/C21H23F4N3O4S/c1-27(2)33(30,31)16-5-6-19(28-7-9-32-10-8-28)17(12-16)20(29)26-13-14-3-4-15(22)11-18(14)21(23,24)25/h3-6,11-12H,7-10,13H2,1-2H3,(H,26,29). The van der Waals surface area contributed by atoms with Gasteiger partial charge < -0.3 is 15.0 Å². The zero-order valence-corrected chi connectivity index (χ0v) is 18.8. The van der Waals surface area contributed by atoms with Gasteiger partial charge in [-0.1, -0.05) is 6.07 Å². The molecular formula is C21H23F4N3O4S. The molecule has 0 unspecified atom stereocenters. The van der Waals surface area contributed by atoms with Crippen molar-refractivity contribution in [1.82, 2.24) is 9.62 Å². The van der Waals surface area contributed by atoms with Crippen molar-refractivity contribution in [3.8, 4) is 0 Å². The number of alkyl halides is 3. The van der Waals surface area contributed by atoms with Crippen molar-refractivity contribution in [1.29, 1.82) is 0 Å². The molecule has 0 bridgehead atoms. The number of nitrogens with zero attached hydrogens (tertiary/aromatic N) is 2. The van der Waals surface area contributed by atoms with Gasteiger partial charge >= 0.3 is 6.18 Å². The predicted octanol–water partition coefficient (Wildman–Crippen LogP) is 2.86. The molecule has 0 saturated carbocycles. The maximum atomic E-state index is 13.4. The summed E-state index contributed by atoms with van der Waals surface area (Å²) in [5.74, 6) is -1.81. The van der Waals surface area contributed by atoms with Gasteiger partial charge in [0.15, 0.2) is 0 Å². The number of halogens is 4. The van der Waals surface area contributed by atoms with Crippen molar-refractivity contribution in [3.05, 3.63) is 58.9 Å². The second-order valence-corrected chi connectivity index (χ2v) is 9.70. The highest BCUT2D eigenvalue weighted by Crippen LogP contribution is 2.33. The van der Waals surface area contributed by atoms with E-state index in [1.165, 1.54) is 32.3 Å². The summed E-state index contributed by atoms with van der Waals surface area (Å²) in [7, 11) is -1.17. The molecule has 3 rings (SSSR count). The highest BCUT2D eigenvalue weighted by atomic mass is 32.2. The SMILES string of the molecule is CN(C)S(=O)(=O)c1ccc(N2CCOCC2)c(C(=O)NCc2ccc(F)cc2C(F)(F)F)c1. The van der Waals surface area contributed by atoms with Crippen LogP contribution in [0.4, 0.5) is 23.2 Å². The summed E-state index contributed by atoms with van der Waals surface area (Å²) in [6.07, 6.45) is -4.80. The Kier molecular flexibility index (Phi) is 7.29. The van der Waals surface area contributed by atoms with Crippen molar-refractivity contribution in [2.75, 3.05) is 45.3 Å². The average molecular weight is 489 g/mol. The lowest BCUT2D eigenvalue weighted by Gasteiger charge is -2.30. The maximum Gasteiger partial charge on any atom is 0.416 e. The molecule has 7 nitrogen and oxygen atoms in total. The minimum atomic E-state index is -4.80. The molecule has 2 aromatic carbocycles. The molecule has 2 aromatic rings. The second kappa shape index (κ2) is 9.65. The van der Waals surface area contributed by atoms with Crippen LogP contribution in [0.5, 0.6) is 0 Å². The van der Waals surface area contributed by atoms with Gasteiger partial charge in [-0.05, 0) is 35.9 Å². The summed E-state index contributed by atoms with van der Waals surface area (Å²) < 4.78 is 84.6. The molecule has 0 spiro atoms. The van der Waals surface area contributed by atoms with E-state index in [2.05, 4.69) is 5.32 Å². The maximum absolute atomic E-state index is 13.4. The number of amides is 1. The topological polar surface area (TPSA) is 79.0 Å². The summed E-state index contributed by atoms with van der Waals surface area (Å²) in [5.41, 5.74) is -1.08. The fraction of sp³-hybridized carbons (Fsp3) is 0.381. The third kappa shape index (κ3) is 5.63. The van der Waals surface area contributed by atoms with E-state index in [0.717, 1.165) is 16.4 Å². The molecule has 33 heavy (non-hydrogen) atoms. The molecule has 0 radical (unpaired) electrons. The van der Waals surface area contributed by atoms with Gasteiger partial charge in [-0.15, -0.1) is 0 Å². The Bertz CT molecular complexity index is 1130. The van der Waals surface area contributed by atoms with Gasteiger partial charge in [-0.3, -0.25) is 4.79 Å². The number of benzene rings is 2. The van der Waals surface area contributed by atoms with Crippen molar-refractivity contribution in [2.24, 2.45) is 0 Å². The van der Waals surface area contributed by atoms with Gasteiger partial charge in [0, 0.05) is 39.4 Å². The number of carbonyl (C=O) groups is 1. The van der Waals surface area contributed by atoms with E-state index >= 15 is 0 Å². The molecule has 1 aliphatic rings. The van der Waals surface area contributed by atoms with Crippen LogP contribution >= 0.6 is 0 Å². The van der Waals surface area contributed by atoms with E-state index in [1.54, 1.807) is 0 Å². The Morgan fingerprint density at radius 1 is 1.12 bits per heavy atom. The number of morpholine rings is 1. The van der Waals surface area contributed by atoms with Crippen LogP contribution in [0.1, 0.15) is 21.5 Å². The van der Waals surface area contributed by atoms with Crippen molar-refractivity contribution in [2.45, 2.75) is 17.6 Å². The molecule has 180 valence electrons. The largest absolute Gasteiger partial charge is 0.416 e. The van der Waals surface area contributed by atoms with Crippen LogP contribution in [-0.4, -0.2) is 59.0 Å². The highest BCUT2D eigenvalue weighted by Gasteiger charge is 2.34. The fourth-order valence-electron chi connectivity index (χ4n) is 3.39. The second-order valence-electron chi connectivity index (χ2n) is 7.55. The predicted molar refractivity (Wildman–Crippen MR) is 113 cm³/mol. The highest BCUT2D eigenvalue weighted by molar-refractivity contribution is 7.89. The molecule has 12 heteroatoms. The third-order valence-corrected chi connectivity index (χ3v) is 6.97. The van der Waals surface area contributed by atoms with Crippen LogP contribution in [0.25, 0.3) is 0 Å². The average Bonchev–Trinajstić information content (AvgIpc) is 2.77. The van der Waals surface area contributed by atoms with Crippen LogP contribution in [0.3, 0.4) is 0 Å². The number of anilines is 1. The first kappa shape index (κ1) is 24.9. The van der Waals surface area contributed by atoms with Crippen LogP contribution in [0, 0.1) is 5.82 Å². The number of hydrogen-bond acceptors (Lipinski definition) is 5. The van der Waals surface area contributed by atoms with Gasteiger partial charge in [0.05, 0.1) is 29.2 Å². The van der Waals surface area contributed by atoms with Crippen molar-refractivity contribution >= 4 is 21.6 Å². The molecule has 1 amide bonds. The molecular weight excluding hydrogens is 466 g/mol. The Morgan fingerprint density at radius 2 is 1.79 bits per heavy atom. The van der Waals surface area contributed by atoms with Crippen LogP contribution in [0.2, 0.25) is 0 Å². The minimum Gasteiger partial charge on any atom is -0.378 e. The first-order valence-corrected chi connectivity index (χ1v) is 11.4. The van der Waals surface area contributed by atoms with E-state index in [9.17, 15) is 30.8 Å². The quantitative estimate of drug-likeness (QED) is 0.632. The number of ether oxygens (including phenoxy) is 1. The van der Waals surface area contributed by atoms with Gasteiger partial charge in [-0.2, -0.15) is 13.2 Å². The summed E-state index contributed by atoms with van der Waals surface area (Å²) >= 11 is 0. The first-order chi connectivity index (χ1) is 15.4. The van der Waals surface area contributed by atoms with E-state index in [1.807, 2.05) is 4.90 Å². The van der Waals surface area contributed by atoms with E-state index < -0.39 is 40.0 Å². The fourth-order valence-corrected chi connectivity index (χ4v) is 4.31. The van der Waals surface area contributed by atoms with E-state index in [-0.39, 0.29) is 16.0 Å². The molecule has 1 aliphatic heterocycles. The first-order valence-electron chi connectivity index (χ1n) is 9.94. The van der Waals surface area contributed by atoms with Gasteiger partial charge in [0.25, 0.3) is 5.91 Å². The van der Waals surface area contributed by atoms with Gasteiger partial charge in [-0.25, -0.2) is 17.1 Å². The molecule has 0 aromatic heterocycles. The number of sulfonamides is 1. The Hall–Kier alpha value is -2.70. The summed E-state index contributed by atoms with van der Waals surface area (Å²) in [6.45, 7) is 1.19. The van der Waals surface area contributed by atoms with E-state index in [4.69, 9.17) is 4.74 Å². The Morgan fingerprint density at radius 3 is 2.39 bits per heavy atom. The molecule has 0 atom stereocenters. The summed E-state index contributed by atoms with van der Waals surface area (Å²) in [6, 6.07) is 6.26. The monoisotopic (exact) mass is 489 g/mol. The van der Waals surface area contributed by atoms with Crippen molar-refractivity contribution < 1.29 is 35.5 Å². The zero-order valence-electron chi connectivity index (χ0n) is 17.9. The van der Waals surface area contributed by atoms with Gasteiger partial charge in [0.2, 0.25) is 10.0 Å². The van der Waals surface area contributed by atoms with Crippen LogP contribution < -0.4 is 10.2 Å². The lowest BCUT2D eigenvalue weighted by Crippen LogP contribution is -2.38. The zero-order chi connectivity index (χ0) is 24.4. The number of hydrogen-bond donors (Lipinski definition) is 1. The third-order valence-electron chi connectivity index (χ3n) is 5.16. The molecule has 1 N–H and O–H groups in total. The van der Waals surface area contributed by atoms with Crippen LogP contribution in [-0.2, 0) is 27.5 Å². The molecule has 0 aliphatic carbocycles. The van der Waals surface area contributed by atoms with Crippen LogP contribution in [0.15, 0.2) is 41.3 Å². The molecule has 1 saturated heterocycles. The Labute approximate surface area is 189 Å². The van der Waals surface area contributed by atoms with Crippen molar-refractivity contribution in [3.63, 3.8) is 0 Å². The number of rotatable bonds is 6. The van der Waals surface area contributed by atoms with E-state index in [0.29, 0.717) is 38.1 Å². The molecule has 1 fully saturated rings. The lowest BCUT2D eigenvalue weighted by molar-refractivity contribution is -0.138. The number of carbonyl (C=O) groups excluding carboxylic acids is 1. The number of nitrogens with one attached hydrogen (secondary N) is 1.